The minimum absolute atomic E-state index is 0.696. The summed E-state index contributed by atoms with van der Waals surface area (Å²) < 4.78 is 0. The van der Waals surface area contributed by atoms with Crippen molar-refractivity contribution >= 4 is 25.3 Å². The Bertz CT molecular complexity index is 59.9. The van der Waals surface area contributed by atoms with Crippen LogP contribution in [0, 0.1) is 11.8 Å². The minimum atomic E-state index is 0.696. The van der Waals surface area contributed by atoms with Crippen LogP contribution in [-0.4, -0.2) is 11.5 Å². The summed E-state index contributed by atoms with van der Waals surface area (Å²) in [7, 11) is 0. The highest BCUT2D eigenvalue weighted by Crippen LogP contribution is 2.17. The Labute approximate surface area is 69.2 Å². The molecule has 0 aromatic rings. The summed E-state index contributed by atoms with van der Waals surface area (Å²) in [6.45, 7) is 4.47. The molecule has 0 N–H and O–H groups in total. The van der Waals surface area contributed by atoms with E-state index in [-0.39, 0.29) is 0 Å². The largest absolute Gasteiger partial charge is 0.179 e. The number of hydrogen-bond acceptors (Lipinski definition) is 2. The van der Waals surface area contributed by atoms with E-state index in [4.69, 9.17) is 0 Å². The van der Waals surface area contributed by atoms with Crippen LogP contribution in [0.2, 0.25) is 0 Å². The first-order valence-corrected chi connectivity index (χ1v) is 4.74. The molecule has 0 saturated carbocycles. The summed E-state index contributed by atoms with van der Waals surface area (Å²) in [6.07, 6.45) is 1.24. The average Bonchev–Trinajstić information content (AvgIpc) is 1.90. The van der Waals surface area contributed by atoms with Crippen molar-refractivity contribution in [3.05, 3.63) is 0 Å². The Hall–Kier alpha value is 0.700. The molecule has 0 aliphatic heterocycles. The first-order chi connectivity index (χ1) is 4.26. The first kappa shape index (κ1) is 9.70. The molecule has 0 fully saturated rings. The molecule has 2 heteroatoms. The summed E-state index contributed by atoms with van der Waals surface area (Å²) in [5.41, 5.74) is 0. The third kappa shape index (κ3) is 3.41. The molecule has 0 heterocycles. The van der Waals surface area contributed by atoms with E-state index in [0.717, 1.165) is 17.4 Å². The van der Waals surface area contributed by atoms with Gasteiger partial charge in [-0.25, -0.2) is 0 Å². The molecule has 0 saturated heterocycles. The van der Waals surface area contributed by atoms with Crippen LogP contribution >= 0.6 is 25.3 Å². The highest BCUT2D eigenvalue weighted by molar-refractivity contribution is 7.81. The predicted octanol–water partition coefficient (Wildman–Crippen LogP) is 2.51. The van der Waals surface area contributed by atoms with E-state index in [1.165, 1.54) is 6.42 Å². The third-order valence-corrected chi connectivity index (χ3v) is 2.86. The van der Waals surface area contributed by atoms with Crippen LogP contribution in [-0.2, 0) is 0 Å². The van der Waals surface area contributed by atoms with Crippen molar-refractivity contribution in [2.24, 2.45) is 11.8 Å². The van der Waals surface area contributed by atoms with Gasteiger partial charge in [-0.15, -0.1) is 0 Å². The predicted molar refractivity (Wildman–Crippen MR) is 50.7 cm³/mol. The van der Waals surface area contributed by atoms with Crippen LogP contribution in [0.3, 0.4) is 0 Å². The number of rotatable bonds is 4. The summed E-state index contributed by atoms with van der Waals surface area (Å²) in [6, 6.07) is 0. The molecule has 0 bridgehead atoms. The van der Waals surface area contributed by atoms with Crippen molar-refractivity contribution in [3.63, 3.8) is 0 Å². The summed E-state index contributed by atoms with van der Waals surface area (Å²) in [5, 5.41) is 0. The lowest BCUT2D eigenvalue weighted by molar-refractivity contribution is 0.421. The lowest BCUT2D eigenvalue weighted by Gasteiger charge is -2.17. The van der Waals surface area contributed by atoms with Crippen molar-refractivity contribution < 1.29 is 0 Å². The van der Waals surface area contributed by atoms with Gasteiger partial charge in [0.25, 0.3) is 0 Å². The van der Waals surface area contributed by atoms with Crippen LogP contribution in [0.4, 0.5) is 0 Å². The molecule has 0 aliphatic carbocycles. The van der Waals surface area contributed by atoms with Crippen LogP contribution in [0.25, 0.3) is 0 Å². The second kappa shape index (κ2) is 5.48. The van der Waals surface area contributed by atoms with E-state index in [1.807, 2.05) is 0 Å². The molecule has 0 aromatic carbocycles. The zero-order chi connectivity index (χ0) is 7.28. The van der Waals surface area contributed by atoms with Crippen molar-refractivity contribution in [2.45, 2.75) is 20.3 Å². The van der Waals surface area contributed by atoms with Gasteiger partial charge in [-0.3, -0.25) is 0 Å². The molecule has 0 rings (SSSR count). The van der Waals surface area contributed by atoms with E-state index >= 15 is 0 Å². The standard InChI is InChI=1S/C7H16S2/c1-3-6(2)7(4-8)5-9/h6-9H,3-5H2,1-2H3. The molecule has 1 atom stereocenters. The topological polar surface area (TPSA) is 0 Å². The lowest BCUT2D eigenvalue weighted by Crippen LogP contribution is -2.14. The molecule has 1 unspecified atom stereocenters. The maximum atomic E-state index is 4.24. The second-order valence-corrected chi connectivity index (χ2v) is 3.24. The van der Waals surface area contributed by atoms with Crippen LogP contribution in [0.1, 0.15) is 20.3 Å². The molecular weight excluding hydrogens is 148 g/mol. The Kier molecular flexibility index (Phi) is 5.91. The Morgan fingerprint density at radius 2 is 1.67 bits per heavy atom. The van der Waals surface area contributed by atoms with E-state index < -0.39 is 0 Å². The van der Waals surface area contributed by atoms with Gasteiger partial charge in [-0.1, -0.05) is 20.3 Å². The molecule has 56 valence electrons. The van der Waals surface area contributed by atoms with Gasteiger partial charge < -0.3 is 0 Å². The Morgan fingerprint density at radius 1 is 1.22 bits per heavy atom. The average molecular weight is 164 g/mol. The van der Waals surface area contributed by atoms with Crippen LogP contribution in [0.5, 0.6) is 0 Å². The third-order valence-electron chi connectivity index (χ3n) is 1.92. The SMILES string of the molecule is CCC(C)C(CS)CS. The van der Waals surface area contributed by atoms with Gasteiger partial charge in [-0.2, -0.15) is 25.3 Å². The smallest absolute Gasteiger partial charge is 0.00592 e. The molecule has 0 radical (unpaired) electrons. The van der Waals surface area contributed by atoms with Gasteiger partial charge in [0.15, 0.2) is 0 Å². The lowest BCUT2D eigenvalue weighted by atomic mass is 9.95. The Balaban J connectivity index is 3.50. The molecule has 0 nitrogen and oxygen atoms in total. The van der Waals surface area contributed by atoms with Gasteiger partial charge in [0.2, 0.25) is 0 Å². The zero-order valence-electron chi connectivity index (χ0n) is 6.17. The zero-order valence-corrected chi connectivity index (χ0v) is 7.96. The first-order valence-electron chi connectivity index (χ1n) is 3.47. The monoisotopic (exact) mass is 164 g/mol. The fourth-order valence-corrected chi connectivity index (χ4v) is 1.93. The summed E-state index contributed by atoms with van der Waals surface area (Å²) >= 11 is 8.48. The quantitative estimate of drug-likeness (QED) is 0.586. The maximum absolute atomic E-state index is 4.24. The fourth-order valence-electron chi connectivity index (χ4n) is 0.751. The van der Waals surface area contributed by atoms with Crippen molar-refractivity contribution in [1.29, 1.82) is 0 Å². The van der Waals surface area contributed by atoms with Crippen LogP contribution in [0.15, 0.2) is 0 Å². The summed E-state index contributed by atoms with van der Waals surface area (Å²) in [4.78, 5) is 0. The van der Waals surface area contributed by atoms with Crippen molar-refractivity contribution in [2.75, 3.05) is 11.5 Å². The highest BCUT2D eigenvalue weighted by Gasteiger charge is 2.10. The number of thiol groups is 2. The van der Waals surface area contributed by atoms with Crippen molar-refractivity contribution in [3.8, 4) is 0 Å². The van der Waals surface area contributed by atoms with Gasteiger partial charge in [0, 0.05) is 0 Å². The van der Waals surface area contributed by atoms with E-state index in [1.54, 1.807) is 0 Å². The molecular formula is C7H16S2. The molecule has 0 aliphatic rings. The van der Waals surface area contributed by atoms with E-state index in [0.29, 0.717) is 5.92 Å². The van der Waals surface area contributed by atoms with E-state index in [9.17, 15) is 0 Å². The molecule has 0 spiro atoms. The number of hydrogen-bond donors (Lipinski definition) is 2. The normalized spacial score (nSPS) is 14.3. The van der Waals surface area contributed by atoms with Crippen LogP contribution < -0.4 is 0 Å². The van der Waals surface area contributed by atoms with Gasteiger partial charge in [0.05, 0.1) is 0 Å². The molecule has 9 heavy (non-hydrogen) atoms. The Morgan fingerprint density at radius 3 is 1.78 bits per heavy atom. The minimum Gasteiger partial charge on any atom is -0.179 e. The highest BCUT2D eigenvalue weighted by atomic mass is 32.1. The second-order valence-electron chi connectivity index (χ2n) is 2.51. The van der Waals surface area contributed by atoms with E-state index in [2.05, 4.69) is 39.1 Å². The van der Waals surface area contributed by atoms with Crippen molar-refractivity contribution in [1.82, 2.24) is 0 Å². The summed E-state index contributed by atoms with van der Waals surface area (Å²) in [5.74, 6) is 3.42. The van der Waals surface area contributed by atoms with Gasteiger partial charge in [0.1, 0.15) is 0 Å². The fraction of sp³-hybridized carbons (Fsp3) is 1.00. The molecule has 0 amide bonds. The van der Waals surface area contributed by atoms with Gasteiger partial charge >= 0.3 is 0 Å². The molecule has 0 aromatic heterocycles. The van der Waals surface area contributed by atoms with Gasteiger partial charge in [-0.05, 0) is 23.3 Å². The maximum Gasteiger partial charge on any atom is -0.00592 e.